The van der Waals surface area contributed by atoms with E-state index in [4.69, 9.17) is 4.52 Å². The number of nitrogens with zero attached hydrogens (tertiary/aromatic N) is 4. The Balaban J connectivity index is 2.24. The average Bonchev–Trinajstić information content (AvgIpc) is 2.80. The van der Waals surface area contributed by atoms with E-state index in [1.165, 1.54) is 4.57 Å². The van der Waals surface area contributed by atoms with Crippen molar-refractivity contribution in [2.24, 2.45) is 0 Å². The summed E-state index contributed by atoms with van der Waals surface area (Å²) in [5.41, 5.74) is -0.520. The molecule has 0 radical (unpaired) electrons. The standard InChI is InChI=1S/C11H12N4O4/c1-2-3-9-12-10(19-13-9)7-14-6-8(15(17)18)4-5-11(14)16/h4-6H,2-3,7H2,1H3. The van der Waals surface area contributed by atoms with E-state index in [0.29, 0.717) is 12.2 Å². The second-order valence-electron chi connectivity index (χ2n) is 3.96. The fourth-order valence-electron chi connectivity index (χ4n) is 1.58. The van der Waals surface area contributed by atoms with Crippen molar-refractivity contribution >= 4 is 5.69 Å². The summed E-state index contributed by atoms with van der Waals surface area (Å²) in [6.45, 7) is 2.01. The maximum Gasteiger partial charge on any atom is 0.285 e. The molecule has 8 nitrogen and oxygen atoms in total. The number of rotatable bonds is 5. The summed E-state index contributed by atoms with van der Waals surface area (Å²) in [5.74, 6) is 0.821. The normalized spacial score (nSPS) is 10.6. The number of pyridine rings is 1. The highest BCUT2D eigenvalue weighted by atomic mass is 16.6. The van der Waals surface area contributed by atoms with Gasteiger partial charge in [-0.25, -0.2) is 0 Å². The Morgan fingerprint density at radius 3 is 2.95 bits per heavy atom. The van der Waals surface area contributed by atoms with Crippen LogP contribution < -0.4 is 5.56 Å². The van der Waals surface area contributed by atoms with Crippen molar-refractivity contribution < 1.29 is 9.45 Å². The average molecular weight is 264 g/mol. The molecule has 0 bridgehead atoms. The van der Waals surface area contributed by atoms with Gasteiger partial charge in [0, 0.05) is 18.6 Å². The van der Waals surface area contributed by atoms with E-state index in [1.807, 2.05) is 6.92 Å². The molecule has 0 spiro atoms. The lowest BCUT2D eigenvalue weighted by Crippen LogP contribution is -2.19. The predicted octanol–water partition coefficient (Wildman–Crippen LogP) is 1.14. The number of hydrogen-bond donors (Lipinski definition) is 0. The Hall–Kier alpha value is -2.51. The van der Waals surface area contributed by atoms with Crippen LogP contribution in [0.1, 0.15) is 25.1 Å². The van der Waals surface area contributed by atoms with Crippen molar-refractivity contribution in [2.75, 3.05) is 0 Å². The number of aryl methyl sites for hydroxylation is 1. The Labute approximate surface area is 107 Å². The van der Waals surface area contributed by atoms with Crippen molar-refractivity contribution in [2.45, 2.75) is 26.3 Å². The molecule has 0 unspecified atom stereocenters. The van der Waals surface area contributed by atoms with Crippen LogP contribution in [0.2, 0.25) is 0 Å². The fraction of sp³-hybridized carbons (Fsp3) is 0.364. The summed E-state index contributed by atoms with van der Waals surface area (Å²) in [7, 11) is 0. The largest absolute Gasteiger partial charge is 0.337 e. The van der Waals surface area contributed by atoms with Crippen LogP contribution in [0.15, 0.2) is 27.6 Å². The molecular weight excluding hydrogens is 252 g/mol. The molecule has 8 heteroatoms. The lowest BCUT2D eigenvalue weighted by molar-refractivity contribution is -0.385. The maximum absolute atomic E-state index is 11.6. The van der Waals surface area contributed by atoms with Crippen molar-refractivity contribution in [3.05, 3.63) is 50.5 Å². The molecule has 0 saturated heterocycles. The maximum atomic E-state index is 11.6. The zero-order chi connectivity index (χ0) is 13.8. The minimum absolute atomic E-state index is 0.0250. The van der Waals surface area contributed by atoms with Crippen molar-refractivity contribution in [1.29, 1.82) is 0 Å². The van der Waals surface area contributed by atoms with E-state index in [0.717, 1.165) is 24.8 Å². The molecule has 2 heterocycles. The predicted molar refractivity (Wildman–Crippen MR) is 64.8 cm³/mol. The van der Waals surface area contributed by atoms with Gasteiger partial charge in [-0.15, -0.1) is 0 Å². The highest BCUT2D eigenvalue weighted by Crippen LogP contribution is 2.08. The molecule has 2 rings (SSSR count). The summed E-state index contributed by atoms with van der Waals surface area (Å²) in [5, 5.41) is 14.4. The zero-order valence-corrected chi connectivity index (χ0v) is 10.3. The van der Waals surface area contributed by atoms with Crippen LogP contribution in [0.5, 0.6) is 0 Å². The van der Waals surface area contributed by atoms with E-state index < -0.39 is 4.92 Å². The first-order valence-electron chi connectivity index (χ1n) is 5.76. The van der Waals surface area contributed by atoms with E-state index >= 15 is 0 Å². The highest BCUT2D eigenvalue weighted by Gasteiger charge is 2.11. The van der Waals surface area contributed by atoms with Gasteiger partial charge < -0.3 is 4.52 Å². The van der Waals surface area contributed by atoms with E-state index in [1.54, 1.807) is 0 Å². The molecule has 0 aliphatic heterocycles. The summed E-state index contributed by atoms with van der Waals surface area (Å²) < 4.78 is 6.15. The fourth-order valence-corrected chi connectivity index (χ4v) is 1.58. The molecule has 0 fully saturated rings. The smallest absolute Gasteiger partial charge is 0.285 e. The molecule has 0 aliphatic rings. The molecule has 100 valence electrons. The van der Waals surface area contributed by atoms with Crippen LogP contribution in [-0.4, -0.2) is 19.6 Å². The van der Waals surface area contributed by atoms with Gasteiger partial charge in [0.25, 0.3) is 11.2 Å². The summed E-state index contributed by atoms with van der Waals surface area (Å²) in [6, 6.07) is 2.30. The lowest BCUT2D eigenvalue weighted by Gasteiger charge is -2.00. The van der Waals surface area contributed by atoms with Gasteiger partial charge in [0.15, 0.2) is 5.82 Å². The monoisotopic (exact) mass is 264 g/mol. The molecule has 2 aromatic heterocycles. The topological polar surface area (TPSA) is 104 Å². The van der Waals surface area contributed by atoms with E-state index in [2.05, 4.69) is 10.1 Å². The van der Waals surface area contributed by atoms with E-state index in [9.17, 15) is 14.9 Å². The van der Waals surface area contributed by atoms with Crippen LogP contribution in [0.4, 0.5) is 5.69 Å². The molecule has 19 heavy (non-hydrogen) atoms. The zero-order valence-electron chi connectivity index (χ0n) is 10.3. The van der Waals surface area contributed by atoms with Gasteiger partial charge in [-0.3, -0.25) is 19.5 Å². The van der Waals surface area contributed by atoms with E-state index in [-0.39, 0.29) is 23.7 Å². The van der Waals surface area contributed by atoms with Gasteiger partial charge in [0.2, 0.25) is 5.89 Å². The lowest BCUT2D eigenvalue weighted by atomic mass is 10.3. The third kappa shape index (κ3) is 3.03. The summed E-state index contributed by atoms with van der Waals surface area (Å²) in [4.78, 5) is 25.8. The Morgan fingerprint density at radius 1 is 1.47 bits per heavy atom. The number of aromatic nitrogens is 3. The molecule has 0 aromatic carbocycles. The Kier molecular flexibility index (Phi) is 3.69. The second-order valence-corrected chi connectivity index (χ2v) is 3.96. The molecule has 0 aliphatic carbocycles. The first kappa shape index (κ1) is 12.9. The number of hydrogen-bond acceptors (Lipinski definition) is 6. The SMILES string of the molecule is CCCc1noc(Cn2cc([N+](=O)[O-])ccc2=O)n1. The van der Waals surface area contributed by atoms with Gasteiger partial charge in [-0.2, -0.15) is 4.98 Å². The third-order valence-electron chi connectivity index (χ3n) is 2.47. The third-order valence-corrected chi connectivity index (χ3v) is 2.47. The van der Waals surface area contributed by atoms with Crippen LogP contribution in [0, 0.1) is 10.1 Å². The van der Waals surface area contributed by atoms with Gasteiger partial charge in [-0.1, -0.05) is 12.1 Å². The molecular formula is C11H12N4O4. The first-order chi connectivity index (χ1) is 9.10. The van der Waals surface area contributed by atoms with Crippen LogP contribution in [0.25, 0.3) is 0 Å². The quantitative estimate of drug-likeness (QED) is 0.592. The molecule has 2 aromatic rings. The molecule has 0 saturated carbocycles. The van der Waals surface area contributed by atoms with Gasteiger partial charge in [-0.05, 0) is 6.42 Å². The van der Waals surface area contributed by atoms with Crippen molar-refractivity contribution in [3.8, 4) is 0 Å². The van der Waals surface area contributed by atoms with Crippen LogP contribution in [-0.2, 0) is 13.0 Å². The highest BCUT2D eigenvalue weighted by molar-refractivity contribution is 5.25. The van der Waals surface area contributed by atoms with Gasteiger partial charge >= 0.3 is 0 Å². The van der Waals surface area contributed by atoms with Crippen LogP contribution in [0.3, 0.4) is 0 Å². The van der Waals surface area contributed by atoms with Crippen LogP contribution >= 0.6 is 0 Å². The second kappa shape index (κ2) is 5.42. The summed E-state index contributed by atoms with van der Waals surface area (Å²) in [6.07, 6.45) is 2.73. The van der Waals surface area contributed by atoms with Crippen molar-refractivity contribution in [1.82, 2.24) is 14.7 Å². The van der Waals surface area contributed by atoms with Gasteiger partial charge in [0.05, 0.1) is 11.1 Å². The van der Waals surface area contributed by atoms with Crippen molar-refractivity contribution in [3.63, 3.8) is 0 Å². The minimum Gasteiger partial charge on any atom is -0.337 e. The molecule has 0 amide bonds. The summed E-state index contributed by atoms with van der Waals surface area (Å²) >= 11 is 0. The first-order valence-corrected chi connectivity index (χ1v) is 5.76. The van der Waals surface area contributed by atoms with Gasteiger partial charge in [0.1, 0.15) is 6.54 Å². The number of nitro groups is 1. The minimum atomic E-state index is -0.563. The Morgan fingerprint density at radius 2 is 2.26 bits per heavy atom. The Bertz CT molecular complexity index is 646. The molecule has 0 N–H and O–H groups in total. The molecule has 0 atom stereocenters.